The number of aryl methyl sites for hydroxylation is 1. The molecule has 1 aliphatic heterocycles. The number of rotatable bonds is 1. The van der Waals surface area contributed by atoms with Gasteiger partial charge in [-0.15, -0.1) is 0 Å². The van der Waals surface area contributed by atoms with Crippen LogP contribution in [0.1, 0.15) is 12.2 Å². The third-order valence-corrected chi connectivity index (χ3v) is 3.89. The summed E-state index contributed by atoms with van der Waals surface area (Å²) < 4.78 is 7.47. The molecule has 0 N–H and O–H groups in total. The number of nitrogens with zero attached hydrogens (tertiary/aromatic N) is 2. The highest BCUT2D eigenvalue weighted by molar-refractivity contribution is 6.30. The van der Waals surface area contributed by atoms with Crippen LogP contribution in [0.4, 0.5) is 0 Å². The van der Waals surface area contributed by atoms with Crippen molar-refractivity contribution in [3.8, 4) is 11.3 Å². The molecular formula is C15H11ClN2O2. The van der Waals surface area contributed by atoms with Crippen molar-refractivity contribution in [3.63, 3.8) is 0 Å². The maximum atomic E-state index is 12.4. The van der Waals surface area contributed by atoms with E-state index in [1.165, 1.54) is 0 Å². The Hall–Kier alpha value is -2.07. The lowest BCUT2D eigenvalue weighted by Crippen LogP contribution is -2.19. The molecule has 4 rings (SSSR count). The Morgan fingerprint density at radius 3 is 2.85 bits per heavy atom. The van der Waals surface area contributed by atoms with Gasteiger partial charge in [0.15, 0.2) is 0 Å². The molecule has 0 spiro atoms. The number of hydrogen-bond acceptors (Lipinski definition) is 3. The Labute approximate surface area is 119 Å². The summed E-state index contributed by atoms with van der Waals surface area (Å²) in [6.45, 7) is 0.749. The number of aromatic nitrogens is 2. The minimum absolute atomic E-state index is 0.00790. The molecule has 0 bridgehead atoms. The van der Waals surface area contributed by atoms with E-state index in [4.69, 9.17) is 16.0 Å². The van der Waals surface area contributed by atoms with Gasteiger partial charge in [0, 0.05) is 23.6 Å². The third-order valence-electron chi connectivity index (χ3n) is 3.64. The standard InChI is InChI=1S/C15H11ClN2O2/c16-10-5-3-9(4-6-10)12-8-11-14(20-12)17-13-2-1-7-18(13)15(11)19/h3-6,8H,1-2,7H2. The molecule has 0 atom stereocenters. The lowest BCUT2D eigenvalue weighted by molar-refractivity contribution is 0.610. The molecule has 0 aliphatic carbocycles. The Balaban J connectivity index is 1.94. The van der Waals surface area contributed by atoms with Gasteiger partial charge in [0.05, 0.1) is 0 Å². The highest BCUT2D eigenvalue weighted by Gasteiger charge is 2.19. The first-order chi connectivity index (χ1) is 9.72. The van der Waals surface area contributed by atoms with Gasteiger partial charge in [-0.1, -0.05) is 11.6 Å². The second-order valence-corrected chi connectivity index (χ2v) is 5.36. The Morgan fingerprint density at radius 2 is 2.05 bits per heavy atom. The second-order valence-electron chi connectivity index (χ2n) is 4.92. The molecule has 0 fully saturated rings. The summed E-state index contributed by atoms with van der Waals surface area (Å²) in [6, 6.07) is 9.09. The molecule has 100 valence electrons. The highest BCUT2D eigenvalue weighted by atomic mass is 35.5. The van der Waals surface area contributed by atoms with Crippen LogP contribution >= 0.6 is 11.6 Å². The molecule has 0 amide bonds. The molecule has 1 aliphatic rings. The minimum atomic E-state index is -0.00790. The summed E-state index contributed by atoms with van der Waals surface area (Å²) >= 11 is 5.87. The Morgan fingerprint density at radius 1 is 1.25 bits per heavy atom. The maximum absolute atomic E-state index is 12.4. The maximum Gasteiger partial charge on any atom is 0.264 e. The predicted molar refractivity (Wildman–Crippen MR) is 77.0 cm³/mol. The topological polar surface area (TPSA) is 48.0 Å². The van der Waals surface area contributed by atoms with Crippen molar-refractivity contribution in [3.05, 3.63) is 51.5 Å². The fourth-order valence-corrected chi connectivity index (χ4v) is 2.76. The van der Waals surface area contributed by atoms with Crippen molar-refractivity contribution >= 4 is 22.7 Å². The lowest BCUT2D eigenvalue weighted by Gasteiger charge is -1.99. The van der Waals surface area contributed by atoms with E-state index in [-0.39, 0.29) is 5.56 Å². The summed E-state index contributed by atoms with van der Waals surface area (Å²) in [6.07, 6.45) is 1.81. The molecule has 20 heavy (non-hydrogen) atoms. The van der Waals surface area contributed by atoms with Gasteiger partial charge >= 0.3 is 0 Å². The van der Waals surface area contributed by atoms with E-state index in [0.717, 1.165) is 30.8 Å². The van der Waals surface area contributed by atoms with E-state index in [1.807, 2.05) is 12.1 Å². The molecule has 0 unspecified atom stereocenters. The van der Waals surface area contributed by atoms with Gasteiger partial charge in [-0.05, 0) is 36.8 Å². The van der Waals surface area contributed by atoms with Gasteiger partial charge in [-0.2, -0.15) is 4.98 Å². The molecule has 0 saturated heterocycles. The second kappa shape index (κ2) is 4.21. The van der Waals surface area contributed by atoms with Gasteiger partial charge in [-0.25, -0.2) is 0 Å². The van der Waals surface area contributed by atoms with Crippen LogP contribution in [0.3, 0.4) is 0 Å². The summed E-state index contributed by atoms with van der Waals surface area (Å²) in [5.41, 5.74) is 1.30. The van der Waals surface area contributed by atoms with Gasteiger partial charge in [0.1, 0.15) is 17.0 Å². The van der Waals surface area contributed by atoms with E-state index in [9.17, 15) is 4.79 Å². The van der Waals surface area contributed by atoms with Gasteiger partial charge in [0.25, 0.3) is 5.56 Å². The fourth-order valence-electron chi connectivity index (χ4n) is 2.63. The van der Waals surface area contributed by atoms with Crippen molar-refractivity contribution < 1.29 is 4.42 Å². The van der Waals surface area contributed by atoms with Crippen molar-refractivity contribution in [1.29, 1.82) is 0 Å². The molecule has 3 heterocycles. The first-order valence-electron chi connectivity index (χ1n) is 6.51. The Kier molecular flexibility index (Phi) is 2.47. The van der Waals surface area contributed by atoms with E-state index >= 15 is 0 Å². The first kappa shape index (κ1) is 11.7. The smallest absolute Gasteiger partial charge is 0.264 e. The van der Waals surface area contributed by atoms with Crippen LogP contribution in [0.5, 0.6) is 0 Å². The number of fused-ring (bicyclic) bond motifs is 2. The Bertz CT molecular complexity index is 862. The van der Waals surface area contributed by atoms with Crippen LogP contribution in [-0.4, -0.2) is 9.55 Å². The largest absolute Gasteiger partial charge is 0.437 e. The molecular weight excluding hydrogens is 276 g/mol. The zero-order valence-corrected chi connectivity index (χ0v) is 11.4. The monoisotopic (exact) mass is 286 g/mol. The average molecular weight is 287 g/mol. The van der Waals surface area contributed by atoms with Gasteiger partial charge < -0.3 is 4.42 Å². The van der Waals surface area contributed by atoms with Gasteiger partial charge in [0.2, 0.25) is 5.71 Å². The van der Waals surface area contributed by atoms with E-state index < -0.39 is 0 Å². The van der Waals surface area contributed by atoms with E-state index in [1.54, 1.807) is 22.8 Å². The van der Waals surface area contributed by atoms with Crippen LogP contribution < -0.4 is 5.56 Å². The van der Waals surface area contributed by atoms with Crippen LogP contribution in [0.2, 0.25) is 5.02 Å². The fraction of sp³-hybridized carbons (Fsp3) is 0.200. The molecule has 4 nitrogen and oxygen atoms in total. The molecule has 1 aromatic carbocycles. The molecule has 3 aromatic rings. The summed E-state index contributed by atoms with van der Waals surface area (Å²) in [5, 5.41) is 1.21. The predicted octanol–water partition coefficient (Wildman–Crippen LogP) is 3.26. The first-order valence-corrected chi connectivity index (χ1v) is 6.89. The van der Waals surface area contributed by atoms with Gasteiger partial charge in [-0.3, -0.25) is 9.36 Å². The molecule has 2 aromatic heterocycles. The zero-order chi connectivity index (χ0) is 13.7. The highest BCUT2D eigenvalue weighted by Crippen LogP contribution is 2.27. The number of furan rings is 1. The van der Waals surface area contributed by atoms with E-state index in [2.05, 4.69) is 4.98 Å². The van der Waals surface area contributed by atoms with Crippen LogP contribution in [0, 0.1) is 0 Å². The third kappa shape index (κ3) is 1.68. The van der Waals surface area contributed by atoms with Crippen molar-refractivity contribution in [2.45, 2.75) is 19.4 Å². The molecule has 0 radical (unpaired) electrons. The average Bonchev–Trinajstić information content (AvgIpc) is 3.06. The minimum Gasteiger partial charge on any atom is -0.437 e. The van der Waals surface area contributed by atoms with Crippen molar-refractivity contribution in [2.24, 2.45) is 0 Å². The van der Waals surface area contributed by atoms with Crippen LogP contribution in [-0.2, 0) is 13.0 Å². The van der Waals surface area contributed by atoms with Crippen molar-refractivity contribution in [2.75, 3.05) is 0 Å². The lowest BCUT2D eigenvalue weighted by atomic mass is 10.2. The molecule has 5 heteroatoms. The summed E-state index contributed by atoms with van der Waals surface area (Å²) in [4.78, 5) is 16.8. The van der Waals surface area contributed by atoms with Crippen LogP contribution in [0.15, 0.2) is 39.5 Å². The SMILES string of the molecule is O=c1c2cc(-c3ccc(Cl)cc3)oc2nc2n1CCC2. The van der Waals surface area contributed by atoms with Crippen LogP contribution in [0.25, 0.3) is 22.4 Å². The number of hydrogen-bond donors (Lipinski definition) is 0. The summed E-state index contributed by atoms with van der Waals surface area (Å²) in [7, 11) is 0. The molecule has 0 saturated carbocycles. The van der Waals surface area contributed by atoms with Crippen molar-refractivity contribution in [1.82, 2.24) is 9.55 Å². The normalized spacial score (nSPS) is 13.8. The summed E-state index contributed by atoms with van der Waals surface area (Å²) in [5.74, 6) is 1.46. The number of benzene rings is 1. The number of halogens is 1. The quantitative estimate of drug-likeness (QED) is 0.690. The van der Waals surface area contributed by atoms with E-state index in [0.29, 0.717) is 21.9 Å². The zero-order valence-electron chi connectivity index (χ0n) is 10.6.